The molecular weight excluding hydrogens is 354 g/mol. The number of esters is 1. The first-order valence-corrected chi connectivity index (χ1v) is 9.15. The normalized spacial score (nSPS) is 12.1. The molecule has 6 heteroatoms. The number of benzene rings is 2. The number of nitrogens with one attached hydrogen (secondary N) is 1. The van der Waals surface area contributed by atoms with Gasteiger partial charge in [0.05, 0.1) is 7.11 Å². The predicted molar refractivity (Wildman–Crippen MR) is 109 cm³/mol. The Balaban J connectivity index is 1.96. The van der Waals surface area contributed by atoms with Gasteiger partial charge >= 0.3 is 5.97 Å². The van der Waals surface area contributed by atoms with Crippen molar-refractivity contribution >= 4 is 22.8 Å². The zero-order chi connectivity index (χ0) is 20.3. The molecule has 3 N–H and O–H groups in total. The minimum Gasteiger partial charge on any atom is -0.468 e. The van der Waals surface area contributed by atoms with E-state index in [9.17, 15) is 9.59 Å². The highest BCUT2D eigenvalue weighted by molar-refractivity contribution is 5.87. The Morgan fingerprint density at radius 3 is 2.57 bits per heavy atom. The van der Waals surface area contributed by atoms with Crippen LogP contribution in [0.1, 0.15) is 28.4 Å². The van der Waals surface area contributed by atoms with E-state index < -0.39 is 11.9 Å². The second-order valence-corrected chi connectivity index (χ2v) is 6.88. The molecule has 0 saturated carbocycles. The van der Waals surface area contributed by atoms with Gasteiger partial charge in [0.15, 0.2) is 0 Å². The van der Waals surface area contributed by atoms with Crippen LogP contribution in [0.2, 0.25) is 0 Å². The Kier molecular flexibility index (Phi) is 5.80. The van der Waals surface area contributed by atoms with Gasteiger partial charge in [0.2, 0.25) is 5.91 Å². The van der Waals surface area contributed by atoms with E-state index in [4.69, 9.17) is 10.5 Å². The average Bonchev–Trinajstić information content (AvgIpc) is 2.93. The van der Waals surface area contributed by atoms with Gasteiger partial charge in [-0.2, -0.15) is 0 Å². The fourth-order valence-electron chi connectivity index (χ4n) is 3.59. The number of hydrogen-bond donors (Lipinski definition) is 2. The van der Waals surface area contributed by atoms with E-state index in [0.717, 1.165) is 33.3 Å². The number of hydrogen-bond acceptors (Lipinski definition) is 4. The number of aryl methyl sites for hydroxylation is 1. The van der Waals surface area contributed by atoms with E-state index in [2.05, 4.69) is 5.32 Å². The average molecular weight is 379 g/mol. The maximum Gasteiger partial charge on any atom is 0.327 e. The summed E-state index contributed by atoms with van der Waals surface area (Å²) in [5.74, 6) is -0.736. The minimum atomic E-state index is -0.581. The van der Waals surface area contributed by atoms with Gasteiger partial charge in [-0.1, -0.05) is 48.0 Å². The molecule has 0 fully saturated rings. The molecule has 1 atom stereocenters. The number of ether oxygens (including phenoxy) is 1. The van der Waals surface area contributed by atoms with Crippen LogP contribution in [0.15, 0.2) is 48.5 Å². The number of carbonyl (C=O) groups excluding carboxylic acids is 2. The number of amides is 1. The number of primary amides is 1. The molecule has 28 heavy (non-hydrogen) atoms. The lowest BCUT2D eigenvalue weighted by Gasteiger charge is -2.18. The van der Waals surface area contributed by atoms with Gasteiger partial charge < -0.3 is 15.0 Å². The van der Waals surface area contributed by atoms with E-state index in [-0.39, 0.29) is 12.5 Å². The van der Waals surface area contributed by atoms with Crippen LogP contribution in [0, 0.1) is 13.8 Å². The molecule has 2 aromatic carbocycles. The molecule has 3 rings (SSSR count). The van der Waals surface area contributed by atoms with Crippen LogP contribution in [0.3, 0.4) is 0 Å². The van der Waals surface area contributed by atoms with E-state index in [1.54, 1.807) is 0 Å². The van der Waals surface area contributed by atoms with Gasteiger partial charge in [0.25, 0.3) is 0 Å². The van der Waals surface area contributed by atoms with Crippen LogP contribution in [0.25, 0.3) is 10.9 Å². The maximum atomic E-state index is 12.4. The lowest BCUT2D eigenvalue weighted by Crippen LogP contribution is -2.29. The number of methoxy groups -OCH3 is 1. The number of aromatic nitrogens is 1. The largest absolute Gasteiger partial charge is 0.468 e. The smallest absolute Gasteiger partial charge is 0.327 e. The summed E-state index contributed by atoms with van der Waals surface area (Å²) in [4.78, 5) is 23.9. The zero-order valence-electron chi connectivity index (χ0n) is 16.4. The molecule has 0 spiro atoms. The molecule has 1 aromatic heterocycles. The molecule has 1 unspecified atom stereocenters. The van der Waals surface area contributed by atoms with Gasteiger partial charge in [-0.25, -0.2) is 4.79 Å². The molecule has 6 nitrogen and oxygen atoms in total. The van der Waals surface area contributed by atoms with Crippen molar-refractivity contribution in [3.8, 4) is 0 Å². The first kappa shape index (κ1) is 19.6. The number of nitrogens with two attached hydrogens (primary N) is 1. The monoisotopic (exact) mass is 379 g/mol. The summed E-state index contributed by atoms with van der Waals surface area (Å²) in [5.41, 5.74) is 10.3. The van der Waals surface area contributed by atoms with Crippen molar-refractivity contribution in [1.29, 1.82) is 0 Å². The Hall–Kier alpha value is -3.12. The third-order valence-corrected chi connectivity index (χ3v) is 4.97. The molecule has 0 radical (unpaired) electrons. The molecule has 0 aliphatic rings. The quantitative estimate of drug-likeness (QED) is 0.618. The number of nitrogens with zero attached hydrogens (tertiary/aromatic N) is 1. The first-order valence-electron chi connectivity index (χ1n) is 9.15. The van der Waals surface area contributed by atoms with Gasteiger partial charge in [0, 0.05) is 23.1 Å². The van der Waals surface area contributed by atoms with Crippen molar-refractivity contribution in [2.75, 3.05) is 7.11 Å². The van der Waals surface area contributed by atoms with Crippen molar-refractivity contribution in [1.82, 2.24) is 9.88 Å². The maximum absolute atomic E-state index is 12.4. The summed E-state index contributed by atoms with van der Waals surface area (Å²) in [5, 5.41) is 4.36. The molecule has 3 aromatic rings. The van der Waals surface area contributed by atoms with E-state index in [1.165, 1.54) is 7.11 Å². The molecule has 146 valence electrons. The highest BCUT2D eigenvalue weighted by atomic mass is 16.5. The SMILES string of the molecule is COC(=O)C(NCc1c(C)n(CC(N)=O)c2ccccc12)c1cccc(C)c1. The van der Waals surface area contributed by atoms with Crippen LogP contribution >= 0.6 is 0 Å². The van der Waals surface area contributed by atoms with Gasteiger partial charge in [0.1, 0.15) is 12.6 Å². The third kappa shape index (κ3) is 3.92. The number of rotatable bonds is 7. The lowest BCUT2D eigenvalue weighted by molar-refractivity contribution is -0.143. The molecule has 0 bridgehead atoms. The van der Waals surface area contributed by atoms with Crippen molar-refractivity contribution < 1.29 is 14.3 Å². The van der Waals surface area contributed by atoms with Gasteiger partial charge in [-0.05, 0) is 31.0 Å². The van der Waals surface area contributed by atoms with Gasteiger partial charge in [-0.3, -0.25) is 10.1 Å². The second-order valence-electron chi connectivity index (χ2n) is 6.88. The summed E-state index contributed by atoms with van der Waals surface area (Å²) < 4.78 is 6.91. The number of carbonyl (C=O) groups is 2. The molecule has 0 aliphatic carbocycles. The Labute approximate surface area is 164 Å². The van der Waals surface area contributed by atoms with E-state index in [1.807, 2.05) is 66.9 Å². The fraction of sp³-hybridized carbons (Fsp3) is 0.273. The predicted octanol–water partition coefficient (Wildman–Crippen LogP) is 2.75. The van der Waals surface area contributed by atoms with Crippen molar-refractivity contribution in [3.63, 3.8) is 0 Å². The van der Waals surface area contributed by atoms with Crippen LogP contribution in [0.5, 0.6) is 0 Å². The van der Waals surface area contributed by atoms with Gasteiger partial charge in [-0.15, -0.1) is 0 Å². The van der Waals surface area contributed by atoms with Crippen LogP contribution in [-0.4, -0.2) is 23.6 Å². The highest BCUT2D eigenvalue weighted by Gasteiger charge is 2.23. The van der Waals surface area contributed by atoms with E-state index >= 15 is 0 Å². The Bertz CT molecular complexity index is 1020. The molecule has 0 aliphatic heterocycles. The highest BCUT2D eigenvalue weighted by Crippen LogP contribution is 2.27. The molecule has 0 saturated heterocycles. The molecule has 1 heterocycles. The number of fused-ring (bicyclic) bond motifs is 1. The van der Waals surface area contributed by atoms with Crippen LogP contribution < -0.4 is 11.1 Å². The standard InChI is InChI=1S/C22H25N3O3/c1-14-7-6-8-16(11-14)21(22(27)28-3)24-12-18-15(2)25(13-20(23)26)19-10-5-4-9-17(18)19/h4-11,21,24H,12-13H2,1-3H3,(H2,23,26). The lowest BCUT2D eigenvalue weighted by atomic mass is 10.0. The second kappa shape index (κ2) is 8.27. The summed E-state index contributed by atoms with van der Waals surface area (Å²) in [6.45, 7) is 4.51. The Morgan fingerprint density at radius 2 is 1.89 bits per heavy atom. The van der Waals surface area contributed by atoms with Crippen LogP contribution in [0.4, 0.5) is 0 Å². The summed E-state index contributed by atoms with van der Waals surface area (Å²) in [6.07, 6.45) is 0. The number of para-hydroxylation sites is 1. The Morgan fingerprint density at radius 1 is 1.14 bits per heavy atom. The summed E-state index contributed by atoms with van der Waals surface area (Å²) >= 11 is 0. The molecular formula is C22H25N3O3. The van der Waals surface area contributed by atoms with Crippen LogP contribution in [-0.2, 0) is 27.4 Å². The third-order valence-electron chi connectivity index (χ3n) is 4.97. The summed E-state index contributed by atoms with van der Waals surface area (Å²) in [6, 6.07) is 15.1. The minimum absolute atomic E-state index is 0.116. The van der Waals surface area contributed by atoms with E-state index in [0.29, 0.717) is 6.54 Å². The van der Waals surface area contributed by atoms with Crippen molar-refractivity contribution in [3.05, 3.63) is 70.9 Å². The van der Waals surface area contributed by atoms with Crippen molar-refractivity contribution in [2.24, 2.45) is 5.73 Å². The first-order chi connectivity index (χ1) is 13.4. The topological polar surface area (TPSA) is 86.3 Å². The molecule has 1 amide bonds. The van der Waals surface area contributed by atoms with Crippen molar-refractivity contribution in [2.45, 2.75) is 33.0 Å². The fourth-order valence-corrected chi connectivity index (χ4v) is 3.59. The zero-order valence-corrected chi connectivity index (χ0v) is 16.4. The summed E-state index contributed by atoms with van der Waals surface area (Å²) in [7, 11) is 1.39.